The highest BCUT2D eigenvalue weighted by Crippen LogP contribution is 2.62. The second-order valence-electron chi connectivity index (χ2n) is 41.5. The first kappa shape index (κ1) is 105. The number of methoxy groups -OCH3 is 4. The van der Waals surface area contributed by atoms with Gasteiger partial charge in [-0.1, -0.05) is 111 Å². The number of hydrogen-bond acceptors (Lipinski definition) is 20. The summed E-state index contributed by atoms with van der Waals surface area (Å²) in [6.45, 7) is 42.1. The Morgan fingerprint density at radius 1 is 0.238 bits per heavy atom. The molecule has 0 heterocycles. The van der Waals surface area contributed by atoms with Crippen molar-refractivity contribution >= 4 is 23.9 Å². The fourth-order valence-electron chi connectivity index (χ4n) is 23.3. The van der Waals surface area contributed by atoms with Crippen LogP contribution >= 0.6 is 0 Å². The first-order valence-corrected chi connectivity index (χ1v) is 49.4. The molecule has 0 radical (unpaired) electrons. The highest BCUT2D eigenvalue weighted by Gasteiger charge is 2.51. The summed E-state index contributed by atoms with van der Waals surface area (Å²) < 4.78 is 48.9. The van der Waals surface area contributed by atoms with Crippen LogP contribution in [-0.4, -0.2) is 120 Å². The van der Waals surface area contributed by atoms with Crippen LogP contribution in [0.5, 0.6) is 69.0 Å². The quantitative estimate of drug-likeness (QED) is 0.0118. The maximum absolute atomic E-state index is 13.7. The number of hydrogen-bond donors (Lipinski definition) is 8. The van der Waals surface area contributed by atoms with Crippen LogP contribution in [0.2, 0.25) is 0 Å². The molecule has 752 valence electrons. The van der Waals surface area contributed by atoms with Crippen molar-refractivity contribution in [1.29, 1.82) is 0 Å². The molecule has 0 atom stereocenters. The Bertz CT molecular complexity index is 5960. The summed E-state index contributed by atoms with van der Waals surface area (Å²) in [6.07, 6.45) is 5.16. The smallest absolute Gasteiger partial charge is 0.343 e. The molecule has 12 aromatic rings. The summed E-state index contributed by atoms with van der Waals surface area (Å²) in [5.41, 5.74) is 25.7. The second kappa shape index (κ2) is 42.0. The van der Waals surface area contributed by atoms with Gasteiger partial charge in [-0.15, -0.1) is 0 Å². The number of phenolic OH excluding ortho intramolecular Hbond substituents is 8. The molecule has 2 fully saturated rings. The van der Waals surface area contributed by atoms with Crippen LogP contribution in [0, 0.1) is 156 Å². The van der Waals surface area contributed by atoms with Gasteiger partial charge in [-0.05, 0) is 434 Å². The first-order valence-electron chi connectivity index (χ1n) is 49.4. The van der Waals surface area contributed by atoms with Gasteiger partial charge in [0.25, 0.3) is 0 Å². The third kappa shape index (κ3) is 20.7. The van der Waals surface area contributed by atoms with Crippen molar-refractivity contribution in [3.63, 3.8) is 0 Å². The molecule has 0 amide bonds. The lowest BCUT2D eigenvalue weighted by molar-refractivity contribution is -0.143. The maximum atomic E-state index is 13.7. The second-order valence-corrected chi connectivity index (χ2v) is 41.5. The number of esters is 4. The number of ether oxygens (including phenoxy) is 8. The van der Waals surface area contributed by atoms with Gasteiger partial charge in [-0.3, -0.25) is 0 Å². The number of phenols is 8. The van der Waals surface area contributed by atoms with E-state index >= 15 is 0 Å². The predicted octanol–water partition coefficient (Wildman–Crippen LogP) is 25.1. The van der Waals surface area contributed by atoms with E-state index in [-0.39, 0.29) is 57.8 Å². The average molecular weight is 1940 g/mol. The zero-order valence-electron chi connectivity index (χ0n) is 87.8. The lowest BCUT2D eigenvalue weighted by Gasteiger charge is -2.52. The topological polar surface area (TPSA) is 304 Å². The minimum absolute atomic E-state index is 0.0697. The summed E-state index contributed by atoms with van der Waals surface area (Å²) in [4.78, 5) is 54.7. The van der Waals surface area contributed by atoms with Crippen LogP contribution in [0.15, 0.2) is 146 Å². The van der Waals surface area contributed by atoms with E-state index in [9.17, 15) is 60.0 Å². The molecule has 0 aromatic heterocycles. The molecular formula is C123H140O20. The number of benzene rings is 12. The van der Waals surface area contributed by atoms with Crippen molar-refractivity contribution in [2.24, 2.45) is 17.3 Å². The third-order valence-corrected chi connectivity index (χ3v) is 31.9. The molecule has 2 aliphatic rings. The van der Waals surface area contributed by atoms with Gasteiger partial charge in [0.05, 0.1) is 28.4 Å². The van der Waals surface area contributed by atoms with Crippen LogP contribution in [0.4, 0.5) is 0 Å². The van der Waals surface area contributed by atoms with Gasteiger partial charge in [-0.2, -0.15) is 0 Å². The fraction of sp³-hybridized carbons (Fsp3) is 0.382. The van der Waals surface area contributed by atoms with E-state index in [0.717, 1.165) is 156 Å². The Kier molecular flexibility index (Phi) is 30.8. The van der Waals surface area contributed by atoms with Crippen LogP contribution in [0.25, 0.3) is 0 Å². The van der Waals surface area contributed by atoms with Gasteiger partial charge in [-0.25, -0.2) is 19.2 Å². The fourth-order valence-corrected chi connectivity index (χ4v) is 23.3. The lowest BCUT2D eigenvalue weighted by Crippen LogP contribution is -2.43. The first-order chi connectivity index (χ1) is 67.6. The van der Waals surface area contributed by atoms with Gasteiger partial charge < -0.3 is 78.7 Å². The highest BCUT2D eigenvalue weighted by molar-refractivity contribution is 5.75. The molecule has 0 saturated heterocycles. The molecule has 2 aliphatic carbocycles. The van der Waals surface area contributed by atoms with Crippen molar-refractivity contribution in [2.75, 3.05) is 54.9 Å². The summed E-state index contributed by atoms with van der Waals surface area (Å²) in [5.74, 6) is -2.00. The number of carbonyl (C=O) groups excluding carboxylic acids is 4. The van der Waals surface area contributed by atoms with Crippen molar-refractivity contribution in [1.82, 2.24) is 0 Å². The molecule has 2 saturated carbocycles. The summed E-state index contributed by atoms with van der Waals surface area (Å²) >= 11 is 0. The van der Waals surface area contributed by atoms with Gasteiger partial charge in [0, 0.05) is 56.8 Å². The molecule has 0 unspecified atom stereocenters. The minimum atomic E-state index is -0.895. The van der Waals surface area contributed by atoms with Gasteiger partial charge in [0.15, 0.2) is 26.4 Å². The Morgan fingerprint density at radius 3 is 0.538 bits per heavy atom. The van der Waals surface area contributed by atoms with E-state index in [1.807, 2.05) is 187 Å². The molecule has 20 nitrogen and oxygen atoms in total. The normalized spacial score (nSPS) is 13.9. The molecule has 0 bridgehead atoms. The van der Waals surface area contributed by atoms with Crippen LogP contribution < -0.4 is 18.9 Å². The van der Waals surface area contributed by atoms with E-state index in [2.05, 4.69) is 62.4 Å². The Balaban J connectivity index is 1.01. The molecular weight excluding hydrogens is 1800 g/mol. The lowest BCUT2D eigenvalue weighted by atomic mass is 9.52. The SMILES string of the molecule is COC(=O)COc1c(C)cc(C2(c3cc(C)c(OCC(=O)OC)c(C(c4cc(C)c(O)cc4C)c4cc(C)c(O)cc4C)c3)CCC(C(C)(C)C3CCC(c4cc(C)c(OCC(=O)OC)c(C(c5cc(C)c(O)cc5C)c5cc(C)c(O)cc5C)c4)(c4cc(C)c(OCC(=O)OC)c(C(c5cc(C)c(O)cc5C)c5cc(C)c(O)cc5C)c4)CC3)CC2)cc1C(c1cc(C)c(O)cc1C)c1cc(C)c(O)cc1C. The van der Waals surface area contributed by atoms with E-state index in [1.165, 1.54) is 28.4 Å². The molecule has 14 rings (SSSR count). The van der Waals surface area contributed by atoms with Gasteiger partial charge in [0.1, 0.15) is 69.0 Å². The molecule has 8 N–H and O–H groups in total. The summed E-state index contributed by atoms with van der Waals surface area (Å²) in [7, 11) is 5.32. The number of aryl methyl sites for hydroxylation is 20. The van der Waals surface area contributed by atoms with Gasteiger partial charge in [0.2, 0.25) is 0 Å². The third-order valence-electron chi connectivity index (χ3n) is 31.9. The Labute approximate surface area is 842 Å². The molecule has 0 aliphatic heterocycles. The van der Waals surface area contributed by atoms with Crippen LogP contribution in [-0.2, 0) is 49.0 Å². The standard InChI is InChI=1S/C123H140O20/c1-63-47-101(124)71(9)39-89(63)113(90-40-72(10)102(125)48-64(90)2)97-55-85(35-79(17)117(97)140-59-109(132)136-23)122(86-36-80(18)118(141-60-110(133)137-24)98(56-86)114(91-41-73(11)103(126)49-65(91)3)92-42-74(12)104(127)50-66(92)4)31-27-83(28-32-122)121(21,22)84-29-33-123(34-30-84,87-37-81(19)119(142-61-111(134)138-25)99(57-87)115(93-43-75(13)105(128)51-67(93)5)94-44-76(14)106(129)52-68(94)6)88-38-82(20)120(143-62-112(135)139-26)100(58-88)116(95-45-77(15)107(130)53-69(95)7)96-46-78(16)108(131)54-70(96)8/h35-58,83-84,113-116,124-131H,27-34,59-62H2,1-26H3. The van der Waals surface area contributed by atoms with Crippen LogP contribution in [0.1, 0.15) is 289 Å². The summed E-state index contributed by atoms with van der Waals surface area (Å²) in [6, 6.07) is 48.2. The largest absolute Gasteiger partial charge is 0.508 e. The monoisotopic (exact) mass is 1940 g/mol. The number of aromatic hydroxyl groups is 8. The van der Waals surface area contributed by atoms with Crippen molar-refractivity contribution in [2.45, 2.75) is 238 Å². The average Bonchev–Trinajstić information content (AvgIpc) is 0.734. The van der Waals surface area contributed by atoms with Crippen molar-refractivity contribution in [3.05, 3.63) is 346 Å². The number of carbonyl (C=O) groups is 4. The van der Waals surface area contributed by atoms with E-state index in [1.54, 1.807) is 48.5 Å². The molecule has 143 heavy (non-hydrogen) atoms. The van der Waals surface area contributed by atoms with Crippen molar-refractivity contribution in [3.8, 4) is 69.0 Å². The van der Waals surface area contributed by atoms with Crippen LogP contribution in [0.3, 0.4) is 0 Å². The minimum Gasteiger partial charge on any atom is -0.508 e. The summed E-state index contributed by atoms with van der Waals surface area (Å²) in [5, 5.41) is 92.5. The van der Waals surface area contributed by atoms with E-state index in [4.69, 9.17) is 37.9 Å². The van der Waals surface area contributed by atoms with E-state index in [0.29, 0.717) is 119 Å². The number of rotatable bonds is 30. The predicted molar refractivity (Wildman–Crippen MR) is 558 cm³/mol. The van der Waals surface area contributed by atoms with Crippen molar-refractivity contribution < 1.29 is 97.9 Å². The maximum Gasteiger partial charge on any atom is 0.343 e. The molecule has 20 heteroatoms. The van der Waals surface area contributed by atoms with Gasteiger partial charge >= 0.3 is 23.9 Å². The Hall–Kier alpha value is -13.9. The molecule has 12 aromatic carbocycles. The zero-order valence-corrected chi connectivity index (χ0v) is 87.8. The zero-order chi connectivity index (χ0) is 104. The Morgan fingerprint density at radius 2 is 0.392 bits per heavy atom. The molecule has 0 spiro atoms. The van der Waals surface area contributed by atoms with E-state index < -0.39 is 90.2 Å². The highest BCUT2D eigenvalue weighted by atomic mass is 16.6.